The summed E-state index contributed by atoms with van der Waals surface area (Å²) >= 11 is 1.45. The molecule has 2 aliphatic rings. The van der Waals surface area contributed by atoms with Crippen LogP contribution in [0.15, 0.2) is 55.8 Å². The van der Waals surface area contributed by atoms with Gasteiger partial charge in [0.15, 0.2) is 21.4 Å². The molecular weight excluding hydrogens is 470 g/mol. The number of carbonyl (C=O) groups excluding carboxylic acids is 2. The van der Waals surface area contributed by atoms with E-state index >= 15 is 0 Å². The minimum absolute atomic E-state index is 0.0588. The third-order valence-electron chi connectivity index (χ3n) is 6.23. The summed E-state index contributed by atoms with van der Waals surface area (Å²) in [7, 11) is -2.10. The summed E-state index contributed by atoms with van der Waals surface area (Å²) in [5, 5.41) is 4.06. The molecule has 34 heavy (non-hydrogen) atoms. The number of ketones is 2. The fourth-order valence-corrected chi connectivity index (χ4v) is 7.50. The maximum Gasteiger partial charge on any atom is 0.197 e. The number of rotatable bonds is 5. The molecule has 0 amide bonds. The van der Waals surface area contributed by atoms with Gasteiger partial charge >= 0.3 is 0 Å². The van der Waals surface area contributed by atoms with Crippen LogP contribution >= 0.6 is 11.8 Å². The van der Waals surface area contributed by atoms with Gasteiger partial charge in [0.2, 0.25) is 0 Å². The Bertz CT molecular complexity index is 1350. The summed E-state index contributed by atoms with van der Waals surface area (Å²) in [6.07, 6.45) is 1.89. The first kappa shape index (κ1) is 24.4. The van der Waals surface area contributed by atoms with Crippen LogP contribution < -0.4 is 0 Å². The first-order chi connectivity index (χ1) is 16.1. The molecule has 1 heterocycles. The number of oxime groups is 1. The summed E-state index contributed by atoms with van der Waals surface area (Å²) in [6, 6.07) is 9.58. The van der Waals surface area contributed by atoms with E-state index < -0.39 is 9.84 Å². The second-order valence-electron chi connectivity index (χ2n) is 8.68. The maximum absolute atomic E-state index is 13.8. The summed E-state index contributed by atoms with van der Waals surface area (Å²) in [5.41, 5.74) is 3.60. The fraction of sp³-hybridized carbons (Fsp3) is 0.346. The van der Waals surface area contributed by atoms with Gasteiger partial charge in [-0.1, -0.05) is 34.6 Å². The largest absolute Gasteiger partial charge is 0.399 e. The molecule has 1 aliphatic carbocycles. The van der Waals surface area contributed by atoms with E-state index in [0.29, 0.717) is 47.2 Å². The van der Waals surface area contributed by atoms with Crippen LogP contribution in [0.1, 0.15) is 58.3 Å². The summed E-state index contributed by atoms with van der Waals surface area (Å²) in [4.78, 5) is 33.7. The van der Waals surface area contributed by atoms with Crippen LogP contribution in [0.5, 0.6) is 0 Å². The number of Topliss-reactive ketones (excluding diaryl/α,β-unsaturated/α-hetero) is 2. The molecule has 0 radical (unpaired) electrons. The predicted octanol–water partition coefficient (Wildman–Crippen LogP) is 5.12. The smallest absolute Gasteiger partial charge is 0.197 e. The summed E-state index contributed by atoms with van der Waals surface area (Å²) in [6.45, 7) is 5.41. The molecule has 4 rings (SSSR count). The Hall–Kier alpha value is -2.71. The molecule has 178 valence electrons. The molecule has 0 N–H and O–H groups in total. The maximum atomic E-state index is 13.8. The van der Waals surface area contributed by atoms with E-state index in [1.807, 2.05) is 31.2 Å². The van der Waals surface area contributed by atoms with Crippen LogP contribution in [0.25, 0.3) is 0 Å². The molecule has 0 bridgehead atoms. The average molecular weight is 498 g/mol. The average Bonchev–Trinajstić information content (AvgIpc) is 2.78. The van der Waals surface area contributed by atoms with Crippen LogP contribution in [0.2, 0.25) is 0 Å². The Morgan fingerprint density at radius 2 is 1.76 bits per heavy atom. The second-order valence-corrected chi connectivity index (χ2v) is 11.9. The van der Waals surface area contributed by atoms with Crippen LogP contribution in [-0.4, -0.2) is 38.6 Å². The predicted molar refractivity (Wildman–Crippen MR) is 133 cm³/mol. The lowest BCUT2D eigenvalue weighted by Gasteiger charge is -2.25. The Kier molecular flexibility index (Phi) is 6.82. The van der Waals surface area contributed by atoms with Crippen molar-refractivity contribution in [3.05, 3.63) is 68.6 Å². The van der Waals surface area contributed by atoms with Crippen molar-refractivity contribution in [2.45, 2.75) is 56.2 Å². The molecule has 0 aromatic heterocycles. The van der Waals surface area contributed by atoms with E-state index in [1.54, 1.807) is 19.9 Å². The lowest BCUT2D eigenvalue weighted by atomic mass is 9.86. The highest BCUT2D eigenvalue weighted by molar-refractivity contribution is 8.03. The number of hydrogen-bond acceptors (Lipinski definition) is 7. The number of allylic oxidation sites excluding steroid dienone is 2. The molecule has 2 aromatic carbocycles. The van der Waals surface area contributed by atoms with E-state index in [-0.39, 0.29) is 34.2 Å². The van der Waals surface area contributed by atoms with Gasteiger partial charge in [0.05, 0.1) is 21.9 Å². The quantitative estimate of drug-likeness (QED) is 0.323. The van der Waals surface area contributed by atoms with E-state index in [4.69, 9.17) is 4.84 Å². The van der Waals surface area contributed by atoms with Crippen molar-refractivity contribution >= 4 is 38.9 Å². The van der Waals surface area contributed by atoms with E-state index in [0.717, 1.165) is 15.4 Å². The number of hydrogen-bond donors (Lipinski definition) is 0. The minimum Gasteiger partial charge on any atom is -0.399 e. The van der Waals surface area contributed by atoms with Crippen LogP contribution in [0.3, 0.4) is 0 Å². The molecule has 0 saturated carbocycles. The molecule has 0 fully saturated rings. The Balaban J connectivity index is 1.87. The Labute approximate surface area is 204 Å². The van der Waals surface area contributed by atoms with Crippen molar-refractivity contribution < 1.29 is 22.8 Å². The zero-order valence-electron chi connectivity index (χ0n) is 19.7. The molecule has 0 spiro atoms. The topological polar surface area (TPSA) is 89.9 Å². The highest BCUT2D eigenvalue weighted by Crippen LogP contribution is 2.39. The van der Waals surface area contributed by atoms with Crippen molar-refractivity contribution in [1.82, 2.24) is 0 Å². The molecule has 6 nitrogen and oxygen atoms in total. The van der Waals surface area contributed by atoms with E-state index in [1.165, 1.54) is 18.9 Å². The normalized spacial score (nSPS) is 18.7. The zero-order valence-corrected chi connectivity index (χ0v) is 21.4. The summed E-state index contributed by atoms with van der Waals surface area (Å²) < 4.78 is 25.7. The number of aryl methyl sites for hydroxylation is 2. The summed E-state index contributed by atoms with van der Waals surface area (Å²) in [5.74, 6) is -0.585. The van der Waals surface area contributed by atoms with Crippen LogP contribution in [-0.2, 0) is 19.5 Å². The van der Waals surface area contributed by atoms with Crippen molar-refractivity contribution in [2.75, 3.05) is 12.9 Å². The molecule has 0 unspecified atom stereocenters. The van der Waals surface area contributed by atoms with E-state index in [2.05, 4.69) is 5.16 Å². The van der Waals surface area contributed by atoms with Crippen molar-refractivity contribution in [1.29, 1.82) is 0 Å². The van der Waals surface area contributed by atoms with Crippen molar-refractivity contribution in [2.24, 2.45) is 5.16 Å². The third-order valence-corrected chi connectivity index (χ3v) is 9.29. The minimum atomic E-state index is -3.51. The number of thioether (sulfide) groups is 1. The van der Waals surface area contributed by atoms with Gasteiger partial charge in [-0.15, -0.1) is 0 Å². The zero-order chi connectivity index (χ0) is 24.6. The first-order valence-corrected chi connectivity index (χ1v) is 13.6. The van der Waals surface area contributed by atoms with Gasteiger partial charge < -0.3 is 4.84 Å². The van der Waals surface area contributed by atoms with Gasteiger partial charge in [-0.3, -0.25) is 9.59 Å². The number of fused-ring (bicyclic) bond motifs is 1. The molecule has 1 aliphatic heterocycles. The fourth-order valence-electron chi connectivity index (χ4n) is 4.59. The monoisotopic (exact) mass is 497 g/mol. The van der Waals surface area contributed by atoms with Gasteiger partial charge in [0, 0.05) is 33.8 Å². The number of carbonyl (C=O) groups is 2. The van der Waals surface area contributed by atoms with Gasteiger partial charge in [0.1, 0.15) is 7.11 Å². The van der Waals surface area contributed by atoms with E-state index in [9.17, 15) is 18.0 Å². The number of sulfone groups is 1. The molecule has 8 heteroatoms. The SMILES string of the molecule is CO/N=C1\CCS(=O)(=O)c2c(C)cc(C(=O)C3=C(Sc4ccc(C)cc4)CCCC3=O)c(C)c21. The van der Waals surface area contributed by atoms with Gasteiger partial charge in [-0.25, -0.2) is 8.42 Å². The number of nitrogens with zero attached hydrogens (tertiary/aromatic N) is 1. The van der Waals surface area contributed by atoms with Crippen molar-refractivity contribution in [3.63, 3.8) is 0 Å². The van der Waals surface area contributed by atoms with Gasteiger partial charge in [0.25, 0.3) is 0 Å². The molecule has 2 aromatic rings. The molecule has 0 saturated heterocycles. The van der Waals surface area contributed by atoms with Crippen LogP contribution in [0, 0.1) is 20.8 Å². The first-order valence-electron chi connectivity index (χ1n) is 11.2. The standard InChI is InChI=1S/C26H27NO5S2/c1-15-8-10-18(11-9-15)33-22-7-5-6-21(28)24(22)25(29)19-14-16(2)26-23(17(19)3)20(27-32-4)12-13-34(26,30)31/h8-11,14H,5-7,12-13H2,1-4H3/b27-20+. The van der Waals surface area contributed by atoms with Crippen LogP contribution in [0.4, 0.5) is 0 Å². The molecule has 0 atom stereocenters. The Morgan fingerprint density at radius 3 is 2.44 bits per heavy atom. The number of benzene rings is 2. The lowest BCUT2D eigenvalue weighted by molar-refractivity contribution is -0.115. The second kappa shape index (κ2) is 9.50. The highest BCUT2D eigenvalue weighted by Gasteiger charge is 2.35. The molecular formula is C26H27NO5S2. The Morgan fingerprint density at radius 1 is 1.06 bits per heavy atom. The van der Waals surface area contributed by atoms with Gasteiger partial charge in [-0.2, -0.15) is 0 Å². The highest BCUT2D eigenvalue weighted by atomic mass is 32.2. The van der Waals surface area contributed by atoms with Crippen molar-refractivity contribution in [3.8, 4) is 0 Å². The van der Waals surface area contributed by atoms with Gasteiger partial charge in [-0.05, 0) is 62.9 Å². The lowest BCUT2D eigenvalue weighted by Crippen LogP contribution is -2.27. The third kappa shape index (κ3) is 4.49.